The average Bonchev–Trinajstić information content (AvgIpc) is 3.36. The average molecular weight is 1010 g/mol. The van der Waals surface area contributed by atoms with E-state index in [1.807, 2.05) is 58.1 Å². The van der Waals surface area contributed by atoms with Crippen LogP contribution in [0.4, 0.5) is 0 Å². The first-order chi connectivity index (χ1) is 33.9. The van der Waals surface area contributed by atoms with Crippen LogP contribution >= 0.6 is 0 Å². The second-order valence-corrected chi connectivity index (χ2v) is 22.0. The Balaban J connectivity index is 1.68. The quantitative estimate of drug-likeness (QED) is 0.112. The Kier molecular flexibility index (Phi) is 23.2. The molecule has 3 fully saturated rings. The lowest BCUT2D eigenvalue weighted by atomic mass is 9.78. The van der Waals surface area contributed by atoms with Crippen LogP contribution < -0.4 is 0 Å². The maximum absolute atomic E-state index is 14.5. The summed E-state index contributed by atoms with van der Waals surface area (Å²) in [6.45, 7) is 14.7. The van der Waals surface area contributed by atoms with E-state index < -0.39 is 114 Å². The Hall–Kier alpha value is -3.90. The normalized spacial score (nSPS) is 36.6. The lowest BCUT2D eigenvalue weighted by Gasteiger charge is -2.42. The molecule has 16 heteroatoms. The third-order valence-electron chi connectivity index (χ3n) is 16.0. The Labute approximate surface area is 428 Å². The number of hydrogen-bond donors (Lipinski definition) is 4. The van der Waals surface area contributed by atoms with E-state index in [1.54, 1.807) is 40.9 Å². The van der Waals surface area contributed by atoms with Crippen LogP contribution in [0.15, 0.2) is 47.6 Å². The first kappa shape index (κ1) is 60.7. The highest BCUT2D eigenvalue weighted by Gasteiger charge is 2.53. The number of aliphatic hydroxyl groups excluding tert-OH is 3. The van der Waals surface area contributed by atoms with E-state index in [2.05, 4.69) is 0 Å². The fourth-order valence-electron chi connectivity index (χ4n) is 10.8. The zero-order valence-electron chi connectivity index (χ0n) is 44.9. The Bertz CT molecular complexity index is 1990. The number of aliphatic hydroxyl groups is 4. The molecule has 1 aliphatic carbocycles. The summed E-state index contributed by atoms with van der Waals surface area (Å²) in [6, 6.07) is -1.19. The Morgan fingerprint density at radius 1 is 0.875 bits per heavy atom. The molecule has 16 nitrogen and oxygen atoms in total. The lowest BCUT2D eigenvalue weighted by molar-refractivity contribution is -0.265. The maximum Gasteiger partial charge on any atom is 0.329 e. The summed E-state index contributed by atoms with van der Waals surface area (Å²) in [5.74, 6) is -9.57. The predicted molar refractivity (Wildman–Crippen MR) is 270 cm³/mol. The molecule has 0 radical (unpaired) electrons. The van der Waals surface area contributed by atoms with Gasteiger partial charge < -0.3 is 49.0 Å². The topological polar surface area (TPSA) is 233 Å². The number of ketones is 3. The molecule has 15 atom stereocenters. The molecule has 3 aliphatic heterocycles. The van der Waals surface area contributed by atoms with E-state index in [9.17, 15) is 49.2 Å². The number of Topliss-reactive ketones (excluding diaryl/α,β-unsaturated/α-hetero) is 3. The molecule has 1 amide bonds. The number of fused-ring (bicyclic) bond motifs is 3. The molecule has 0 spiro atoms. The zero-order chi connectivity index (χ0) is 53.7. The monoisotopic (exact) mass is 1010 g/mol. The summed E-state index contributed by atoms with van der Waals surface area (Å²) in [5, 5.41) is 43.0. The predicted octanol–water partition coefficient (Wildman–Crippen LogP) is 6.34. The fourth-order valence-corrected chi connectivity index (χ4v) is 10.8. The molecular weight excluding hydrogens is 927 g/mol. The van der Waals surface area contributed by atoms with Crippen LogP contribution in [0.5, 0.6) is 0 Å². The van der Waals surface area contributed by atoms with E-state index in [4.69, 9.17) is 23.7 Å². The number of esters is 2. The molecule has 406 valence electrons. The first-order valence-corrected chi connectivity index (χ1v) is 26.3. The minimum atomic E-state index is -2.46. The van der Waals surface area contributed by atoms with Gasteiger partial charge in [-0.2, -0.15) is 0 Å². The third kappa shape index (κ3) is 15.6. The Morgan fingerprint density at radius 2 is 1.57 bits per heavy atom. The van der Waals surface area contributed by atoms with Crippen LogP contribution in [0.25, 0.3) is 0 Å². The van der Waals surface area contributed by atoms with Crippen LogP contribution in [0.3, 0.4) is 0 Å². The van der Waals surface area contributed by atoms with Crippen molar-refractivity contribution < 1.29 is 72.9 Å². The van der Waals surface area contributed by atoms with Gasteiger partial charge in [-0.15, -0.1) is 0 Å². The molecule has 0 aromatic rings. The molecule has 4 N–H and O–H groups in total. The number of carbonyl (C=O) groups is 6. The van der Waals surface area contributed by atoms with Crippen molar-refractivity contribution >= 4 is 35.2 Å². The smallest absolute Gasteiger partial charge is 0.329 e. The molecular formula is C56H87NO15. The second kappa shape index (κ2) is 27.6. The molecule has 2 bridgehead atoms. The van der Waals surface area contributed by atoms with E-state index in [1.165, 1.54) is 18.9 Å². The van der Waals surface area contributed by atoms with Gasteiger partial charge in [0.15, 0.2) is 0 Å². The van der Waals surface area contributed by atoms with Crippen molar-refractivity contribution in [3.8, 4) is 0 Å². The number of carbonyl (C=O) groups excluding carboxylic acids is 6. The molecule has 3 heterocycles. The van der Waals surface area contributed by atoms with Gasteiger partial charge in [-0.3, -0.25) is 24.0 Å². The van der Waals surface area contributed by atoms with Gasteiger partial charge in [-0.1, -0.05) is 78.0 Å². The van der Waals surface area contributed by atoms with Gasteiger partial charge in [0, 0.05) is 57.3 Å². The number of amides is 1. The highest BCUT2D eigenvalue weighted by molar-refractivity contribution is 6.39. The standard InChI is InChI=1S/C56H87NO15/c1-33-17-13-12-14-18-34(2)46(68-10)29-42-22-20-39(7)56(67,72-42)51(63)52(64)57-24-16-15-19-43(57)53(65)70-47(30-44(60)35(3)26-38(6)50(62)40(8)49(61)37(5)25-33)36(4)27-41-21-23-45(48(28-41)69-11)71-54(66)55(9,31-58)32-59/h12-14,17-18,26,33,35-37,39-43,45-48,50,58-59,62,67H,15-16,19-25,27-32H2,1-11H3/b14-12?,17-13+,34-18?,38-26+/t33-,35-,36-,37-,39-,40+,41+,42+,43+,45-,46?,47+,48-,50-,56-/m1/s1. The van der Waals surface area contributed by atoms with Crippen molar-refractivity contribution in [1.82, 2.24) is 4.90 Å². The summed E-state index contributed by atoms with van der Waals surface area (Å²) < 4.78 is 29.9. The first-order valence-electron chi connectivity index (χ1n) is 26.3. The summed E-state index contributed by atoms with van der Waals surface area (Å²) in [6.07, 6.45) is 11.6. The summed E-state index contributed by atoms with van der Waals surface area (Å²) in [5.41, 5.74) is -0.151. The van der Waals surface area contributed by atoms with Gasteiger partial charge in [-0.25, -0.2) is 4.79 Å². The highest BCUT2D eigenvalue weighted by atomic mass is 16.6. The number of piperidine rings is 1. The van der Waals surface area contributed by atoms with Gasteiger partial charge in [-0.05, 0) is 114 Å². The van der Waals surface area contributed by atoms with Crippen molar-refractivity contribution in [2.75, 3.05) is 34.0 Å². The van der Waals surface area contributed by atoms with Crippen LogP contribution in [-0.4, -0.2) is 143 Å². The number of hydrogen-bond acceptors (Lipinski definition) is 15. The largest absolute Gasteiger partial charge is 0.460 e. The third-order valence-corrected chi connectivity index (χ3v) is 16.0. The Morgan fingerprint density at radius 3 is 2.22 bits per heavy atom. The number of nitrogens with zero attached hydrogens (tertiary/aromatic N) is 1. The van der Waals surface area contributed by atoms with E-state index in [0.717, 1.165) is 5.57 Å². The van der Waals surface area contributed by atoms with Gasteiger partial charge in [0.25, 0.3) is 11.7 Å². The summed E-state index contributed by atoms with van der Waals surface area (Å²) >= 11 is 0. The van der Waals surface area contributed by atoms with Gasteiger partial charge in [0.1, 0.15) is 35.2 Å². The van der Waals surface area contributed by atoms with Crippen molar-refractivity contribution in [3.05, 3.63) is 47.6 Å². The minimum absolute atomic E-state index is 0.0242. The van der Waals surface area contributed by atoms with Crippen molar-refractivity contribution in [3.63, 3.8) is 0 Å². The summed E-state index contributed by atoms with van der Waals surface area (Å²) in [4.78, 5) is 85.2. The molecule has 4 aliphatic rings. The summed E-state index contributed by atoms with van der Waals surface area (Å²) in [7, 11) is 3.08. The van der Waals surface area contributed by atoms with Crippen LogP contribution in [0, 0.1) is 46.8 Å². The molecule has 1 unspecified atom stereocenters. The van der Waals surface area contributed by atoms with Crippen LogP contribution in [-0.2, 0) is 52.5 Å². The number of ether oxygens (including phenoxy) is 5. The van der Waals surface area contributed by atoms with Gasteiger partial charge >= 0.3 is 11.9 Å². The second-order valence-electron chi connectivity index (χ2n) is 22.0. The molecule has 2 saturated heterocycles. The fraction of sp³-hybridized carbons (Fsp3) is 0.750. The SMILES string of the molecule is COC1C[C@@H]2CC[C@@H](C)[C@@](O)(O2)C(=O)C(=O)N2CCCC[C@H]2C(=O)O[C@H]([C@H](C)C[C@@H]2CC[C@@H](OC(=O)C(C)(CO)CO)[C@H](OC)C2)CC(=O)[C@H](C)/C=C(\C)[C@@H](O)[C@@H](C)C(=O)[C@H](C)C[C@H](C)/C=C/C=CC=C1C. The molecule has 72 heavy (non-hydrogen) atoms. The lowest BCUT2D eigenvalue weighted by Crippen LogP contribution is -2.61. The number of rotatable bonds is 9. The van der Waals surface area contributed by atoms with E-state index >= 15 is 0 Å². The van der Waals surface area contributed by atoms with E-state index in [0.29, 0.717) is 69.8 Å². The van der Waals surface area contributed by atoms with Gasteiger partial charge in [0.05, 0.1) is 37.6 Å². The van der Waals surface area contributed by atoms with Crippen molar-refractivity contribution in [2.24, 2.45) is 46.8 Å². The highest BCUT2D eigenvalue weighted by Crippen LogP contribution is 2.38. The van der Waals surface area contributed by atoms with E-state index in [-0.39, 0.29) is 48.7 Å². The van der Waals surface area contributed by atoms with Crippen LogP contribution in [0.1, 0.15) is 139 Å². The molecule has 4 rings (SSSR count). The molecule has 0 aromatic heterocycles. The zero-order valence-corrected chi connectivity index (χ0v) is 44.9. The molecule has 0 aromatic carbocycles. The maximum atomic E-state index is 14.5. The van der Waals surface area contributed by atoms with Gasteiger partial charge in [0.2, 0.25) is 5.79 Å². The number of methoxy groups -OCH3 is 2. The number of allylic oxidation sites excluding steroid dienone is 6. The molecule has 1 saturated carbocycles. The van der Waals surface area contributed by atoms with Crippen molar-refractivity contribution in [1.29, 1.82) is 0 Å². The van der Waals surface area contributed by atoms with Crippen LogP contribution in [0.2, 0.25) is 0 Å². The number of cyclic esters (lactones) is 1. The van der Waals surface area contributed by atoms with Crippen molar-refractivity contribution in [2.45, 2.75) is 188 Å². The minimum Gasteiger partial charge on any atom is -0.460 e.